The van der Waals surface area contributed by atoms with Gasteiger partial charge in [0, 0.05) is 0 Å². The summed E-state index contributed by atoms with van der Waals surface area (Å²) in [5, 5.41) is 38.4. The number of esters is 2. The smallest absolute Gasteiger partial charge is 0.325 e. The fraction of sp³-hybridized carbons (Fsp3) is 0.455. The van der Waals surface area contributed by atoms with Crippen LogP contribution < -0.4 is 0 Å². The van der Waals surface area contributed by atoms with E-state index in [1.54, 1.807) is 13.8 Å². The topological polar surface area (TPSA) is 148 Å². The molecule has 0 spiro atoms. The molecule has 0 heterocycles. The van der Waals surface area contributed by atoms with Gasteiger partial charge in [0.25, 0.3) is 0 Å². The third-order valence-corrected chi connectivity index (χ3v) is 5.01. The second kappa shape index (κ2) is 10.1. The molecule has 4 unspecified atom stereocenters. The van der Waals surface area contributed by atoms with Crippen molar-refractivity contribution < 1.29 is 19.1 Å². The number of hydrogen-bond donors (Lipinski definition) is 0. The molecule has 0 aliphatic heterocycles. The van der Waals surface area contributed by atoms with Crippen molar-refractivity contribution in [3.63, 3.8) is 0 Å². The van der Waals surface area contributed by atoms with Crippen molar-refractivity contribution in [1.82, 2.24) is 0 Å². The maximum atomic E-state index is 12.2. The summed E-state index contributed by atoms with van der Waals surface area (Å²) < 4.78 is 9.82. The lowest BCUT2D eigenvalue weighted by Gasteiger charge is -2.28. The van der Waals surface area contributed by atoms with Crippen LogP contribution in [-0.2, 0) is 29.9 Å². The van der Waals surface area contributed by atoms with E-state index in [-0.39, 0.29) is 13.2 Å². The predicted molar refractivity (Wildman–Crippen MR) is 104 cm³/mol. The molecular formula is C22H22N4O4. The molecule has 0 radical (unpaired) electrons. The lowest BCUT2D eigenvalue weighted by atomic mass is 9.70. The van der Waals surface area contributed by atoms with Gasteiger partial charge in [-0.2, -0.15) is 21.0 Å². The molecule has 0 aliphatic rings. The molecule has 0 N–H and O–H groups in total. The first-order valence-corrected chi connectivity index (χ1v) is 9.26. The number of carbonyl (C=O) groups is 2. The highest BCUT2D eigenvalue weighted by atomic mass is 16.5. The average molecular weight is 406 g/mol. The standard InChI is InChI=1S/C22H22N4O4/c1-5-29-19(27)17(11-23)21(3,13-25)15-7-9-16(10-8-15)22(4,14-26)18(12-24)20(28)30-6-2/h7-10,17-18H,5-6H2,1-4H3. The molecule has 1 rings (SSSR count). The van der Waals surface area contributed by atoms with Crippen molar-refractivity contribution >= 4 is 11.9 Å². The van der Waals surface area contributed by atoms with Gasteiger partial charge in [-0.1, -0.05) is 24.3 Å². The van der Waals surface area contributed by atoms with E-state index in [1.165, 1.54) is 38.1 Å². The Morgan fingerprint density at radius 3 is 1.30 bits per heavy atom. The minimum absolute atomic E-state index is 0.0708. The molecule has 8 heteroatoms. The van der Waals surface area contributed by atoms with Gasteiger partial charge in [0.05, 0.1) is 37.5 Å². The minimum Gasteiger partial charge on any atom is -0.465 e. The van der Waals surface area contributed by atoms with E-state index in [0.717, 1.165) is 0 Å². The summed E-state index contributed by atoms with van der Waals surface area (Å²) in [6.45, 7) is 6.24. The first-order chi connectivity index (χ1) is 14.2. The first-order valence-electron chi connectivity index (χ1n) is 9.26. The van der Waals surface area contributed by atoms with Crippen molar-refractivity contribution in [3.8, 4) is 24.3 Å². The van der Waals surface area contributed by atoms with E-state index in [4.69, 9.17) is 9.47 Å². The van der Waals surface area contributed by atoms with E-state index in [9.17, 15) is 30.6 Å². The van der Waals surface area contributed by atoms with Crippen molar-refractivity contribution in [3.05, 3.63) is 35.4 Å². The van der Waals surface area contributed by atoms with Crippen LogP contribution in [-0.4, -0.2) is 25.2 Å². The SMILES string of the molecule is CCOC(=O)C(C#N)C(C)(C#N)c1ccc(C(C)(C#N)C(C#N)C(=O)OCC)cc1. The van der Waals surface area contributed by atoms with Gasteiger partial charge in [-0.3, -0.25) is 9.59 Å². The zero-order valence-corrected chi connectivity index (χ0v) is 17.3. The third kappa shape index (κ3) is 4.40. The average Bonchev–Trinajstić information content (AvgIpc) is 2.74. The van der Waals surface area contributed by atoms with Crippen molar-refractivity contribution in [2.24, 2.45) is 11.8 Å². The summed E-state index contributed by atoms with van der Waals surface area (Å²) in [6, 6.07) is 13.7. The molecule has 30 heavy (non-hydrogen) atoms. The largest absolute Gasteiger partial charge is 0.465 e. The molecule has 8 nitrogen and oxygen atoms in total. The van der Waals surface area contributed by atoms with Crippen LogP contribution in [0.2, 0.25) is 0 Å². The molecule has 0 bridgehead atoms. The Kier molecular flexibility index (Phi) is 8.10. The van der Waals surface area contributed by atoms with Gasteiger partial charge in [0.15, 0.2) is 11.8 Å². The maximum absolute atomic E-state index is 12.2. The van der Waals surface area contributed by atoms with Gasteiger partial charge in [-0.25, -0.2) is 0 Å². The molecule has 154 valence electrons. The molecule has 1 aromatic carbocycles. The second-order valence-electron chi connectivity index (χ2n) is 6.83. The lowest BCUT2D eigenvalue weighted by molar-refractivity contribution is -0.148. The first kappa shape index (κ1) is 24.2. The quantitative estimate of drug-likeness (QED) is 0.598. The Labute approximate surface area is 175 Å². The zero-order chi connectivity index (χ0) is 22.9. The molecule has 1 aromatic rings. The summed E-state index contributed by atoms with van der Waals surface area (Å²) in [4.78, 5) is 24.3. The monoisotopic (exact) mass is 406 g/mol. The van der Waals surface area contributed by atoms with E-state index >= 15 is 0 Å². The normalized spacial score (nSPS) is 16.0. The van der Waals surface area contributed by atoms with E-state index < -0.39 is 34.6 Å². The number of nitriles is 4. The fourth-order valence-electron chi connectivity index (χ4n) is 3.04. The summed E-state index contributed by atoms with van der Waals surface area (Å²) in [5.74, 6) is -4.33. The van der Waals surface area contributed by atoms with Gasteiger partial charge in [0.2, 0.25) is 0 Å². The molecule has 0 saturated heterocycles. The van der Waals surface area contributed by atoms with Crippen LogP contribution in [0.5, 0.6) is 0 Å². The van der Waals surface area contributed by atoms with Gasteiger partial charge in [0.1, 0.15) is 10.8 Å². The maximum Gasteiger partial charge on any atom is 0.325 e. The van der Waals surface area contributed by atoms with Gasteiger partial charge in [-0.05, 0) is 38.8 Å². The molecule has 0 aromatic heterocycles. The highest BCUT2D eigenvalue weighted by molar-refractivity contribution is 5.79. The van der Waals surface area contributed by atoms with Crippen LogP contribution in [0, 0.1) is 57.2 Å². The lowest BCUT2D eigenvalue weighted by Crippen LogP contribution is -2.38. The predicted octanol–water partition coefficient (Wildman–Crippen LogP) is 2.65. The summed E-state index contributed by atoms with van der Waals surface area (Å²) >= 11 is 0. The van der Waals surface area contributed by atoms with Crippen LogP contribution in [0.15, 0.2) is 24.3 Å². The van der Waals surface area contributed by atoms with Gasteiger partial charge in [-0.15, -0.1) is 0 Å². The zero-order valence-electron chi connectivity index (χ0n) is 17.3. The Bertz CT molecular complexity index is 882. The Balaban J connectivity index is 3.44. The number of hydrogen-bond acceptors (Lipinski definition) is 8. The van der Waals surface area contributed by atoms with E-state index in [2.05, 4.69) is 0 Å². The van der Waals surface area contributed by atoms with Crippen molar-refractivity contribution in [2.45, 2.75) is 38.5 Å². The van der Waals surface area contributed by atoms with Crippen LogP contribution in [0.1, 0.15) is 38.8 Å². The third-order valence-electron chi connectivity index (χ3n) is 5.01. The summed E-state index contributed by atoms with van der Waals surface area (Å²) in [5.41, 5.74) is -2.28. The number of ether oxygens (including phenoxy) is 2. The van der Waals surface area contributed by atoms with Gasteiger partial charge < -0.3 is 9.47 Å². The number of benzene rings is 1. The molecule has 4 atom stereocenters. The summed E-state index contributed by atoms with van der Waals surface area (Å²) in [6.07, 6.45) is 0. The number of carbonyl (C=O) groups excluding carboxylic acids is 2. The Hall–Kier alpha value is -3.88. The molecule has 0 amide bonds. The number of rotatable bonds is 8. The Morgan fingerprint density at radius 1 is 0.800 bits per heavy atom. The van der Waals surface area contributed by atoms with Crippen molar-refractivity contribution in [1.29, 1.82) is 21.0 Å². The van der Waals surface area contributed by atoms with Crippen LogP contribution in [0.3, 0.4) is 0 Å². The number of nitrogens with zero attached hydrogens (tertiary/aromatic N) is 4. The van der Waals surface area contributed by atoms with E-state index in [1.807, 2.05) is 24.3 Å². The van der Waals surface area contributed by atoms with Crippen LogP contribution in [0.4, 0.5) is 0 Å². The highest BCUT2D eigenvalue weighted by Crippen LogP contribution is 2.36. The van der Waals surface area contributed by atoms with Crippen LogP contribution in [0.25, 0.3) is 0 Å². The highest BCUT2D eigenvalue weighted by Gasteiger charge is 2.45. The minimum atomic E-state index is -1.50. The second-order valence-corrected chi connectivity index (χ2v) is 6.83. The molecule has 0 saturated carbocycles. The molecule has 0 fully saturated rings. The Morgan fingerprint density at radius 2 is 1.10 bits per heavy atom. The van der Waals surface area contributed by atoms with Gasteiger partial charge >= 0.3 is 11.9 Å². The molecular weight excluding hydrogens is 384 g/mol. The molecule has 0 aliphatic carbocycles. The van der Waals surface area contributed by atoms with Crippen molar-refractivity contribution in [2.75, 3.05) is 13.2 Å². The summed E-state index contributed by atoms with van der Waals surface area (Å²) in [7, 11) is 0. The fourth-order valence-corrected chi connectivity index (χ4v) is 3.04. The van der Waals surface area contributed by atoms with E-state index in [0.29, 0.717) is 11.1 Å². The van der Waals surface area contributed by atoms with Crippen LogP contribution >= 0.6 is 0 Å².